The summed E-state index contributed by atoms with van der Waals surface area (Å²) >= 11 is 3.46. The molecule has 4 heteroatoms. The number of halogens is 1. The van der Waals surface area contributed by atoms with Crippen molar-refractivity contribution in [2.24, 2.45) is 0 Å². The number of hydrogen-bond donors (Lipinski definition) is 0. The van der Waals surface area contributed by atoms with Crippen LogP contribution in [-0.4, -0.2) is 24.7 Å². The summed E-state index contributed by atoms with van der Waals surface area (Å²) < 4.78 is 6.96. The van der Waals surface area contributed by atoms with Crippen molar-refractivity contribution in [3.8, 4) is 0 Å². The molecule has 1 fully saturated rings. The first-order chi connectivity index (χ1) is 9.33. The Kier molecular flexibility index (Phi) is 3.80. The maximum atomic E-state index is 5.87. The van der Waals surface area contributed by atoms with E-state index in [0.29, 0.717) is 0 Å². The molecule has 1 atom stereocenters. The predicted octanol–water partition coefficient (Wildman–Crippen LogP) is 3.42. The molecule has 3 rings (SSSR count). The van der Waals surface area contributed by atoms with Crippen LogP contribution in [-0.2, 0) is 4.74 Å². The van der Waals surface area contributed by atoms with Crippen LogP contribution >= 0.6 is 15.9 Å². The normalized spacial score (nSPS) is 19.4. The van der Waals surface area contributed by atoms with Crippen LogP contribution in [0.2, 0.25) is 0 Å². The van der Waals surface area contributed by atoms with Crippen molar-refractivity contribution in [2.45, 2.75) is 6.10 Å². The van der Waals surface area contributed by atoms with Crippen LogP contribution in [0.5, 0.6) is 0 Å². The van der Waals surface area contributed by atoms with Crippen LogP contribution in [0.25, 0.3) is 0 Å². The predicted molar refractivity (Wildman–Crippen MR) is 79.3 cm³/mol. The van der Waals surface area contributed by atoms with Crippen LogP contribution in [0.4, 0.5) is 5.82 Å². The van der Waals surface area contributed by atoms with E-state index in [2.05, 4.69) is 50.1 Å². The van der Waals surface area contributed by atoms with E-state index in [-0.39, 0.29) is 6.10 Å². The Morgan fingerprint density at radius 3 is 2.74 bits per heavy atom. The molecule has 98 valence electrons. The Hall–Kier alpha value is -1.39. The average molecular weight is 319 g/mol. The highest BCUT2D eigenvalue weighted by Gasteiger charge is 2.22. The quantitative estimate of drug-likeness (QED) is 0.848. The lowest BCUT2D eigenvalue weighted by molar-refractivity contribution is 0.0395. The van der Waals surface area contributed by atoms with Gasteiger partial charge in [0.1, 0.15) is 11.9 Å². The topological polar surface area (TPSA) is 25.4 Å². The van der Waals surface area contributed by atoms with Gasteiger partial charge in [0.05, 0.1) is 6.61 Å². The van der Waals surface area contributed by atoms with E-state index < -0.39 is 0 Å². The number of rotatable bonds is 2. The number of ether oxygens (including phenoxy) is 1. The van der Waals surface area contributed by atoms with Crippen LogP contribution in [0.3, 0.4) is 0 Å². The van der Waals surface area contributed by atoms with Crippen molar-refractivity contribution in [1.82, 2.24) is 4.98 Å². The van der Waals surface area contributed by atoms with Crippen molar-refractivity contribution in [3.63, 3.8) is 0 Å². The summed E-state index contributed by atoms with van der Waals surface area (Å²) in [5.41, 5.74) is 1.21. The van der Waals surface area contributed by atoms with E-state index in [0.717, 1.165) is 30.0 Å². The summed E-state index contributed by atoms with van der Waals surface area (Å²) in [7, 11) is 0. The third-order valence-electron chi connectivity index (χ3n) is 3.28. The minimum absolute atomic E-state index is 0.115. The first-order valence-electron chi connectivity index (χ1n) is 6.36. The third-order valence-corrected chi connectivity index (χ3v) is 3.81. The van der Waals surface area contributed by atoms with Gasteiger partial charge in [0.2, 0.25) is 0 Å². The average Bonchev–Trinajstić information content (AvgIpc) is 2.49. The molecule has 0 aliphatic carbocycles. The molecule has 2 heterocycles. The third kappa shape index (κ3) is 2.96. The van der Waals surface area contributed by atoms with Crippen molar-refractivity contribution < 1.29 is 4.74 Å². The van der Waals surface area contributed by atoms with Gasteiger partial charge in [-0.05, 0) is 29.8 Å². The summed E-state index contributed by atoms with van der Waals surface area (Å²) in [6.07, 6.45) is 1.95. The second-order valence-electron chi connectivity index (χ2n) is 4.54. The molecular formula is C15H15BrN2O. The molecule has 1 aliphatic rings. The van der Waals surface area contributed by atoms with Gasteiger partial charge in [0.25, 0.3) is 0 Å². The summed E-state index contributed by atoms with van der Waals surface area (Å²) in [6.45, 7) is 2.47. The van der Waals surface area contributed by atoms with Gasteiger partial charge in [0.15, 0.2) is 0 Å². The highest BCUT2D eigenvalue weighted by molar-refractivity contribution is 9.10. The molecule has 2 aromatic rings. The standard InChI is InChI=1S/C15H15BrN2O/c16-13-6-4-12(5-7-13)14-11-18(9-10-19-14)15-3-1-2-8-17-15/h1-8,14H,9-11H2. The lowest BCUT2D eigenvalue weighted by Gasteiger charge is -2.34. The zero-order chi connectivity index (χ0) is 13.1. The second kappa shape index (κ2) is 5.72. The maximum absolute atomic E-state index is 5.87. The lowest BCUT2D eigenvalue weighted by atomic mass is 10.1. The molecule has 0 N–H and O–H groups in total. The van der Waals surface area contributed by atoms with Crippen LogP contribution in [0.15, 0.2) is 53.1 Å². The van der Waals surface area contributed by atoms with Crippen molar-refractivity contribution in [1.29, 1.82) is 0 Å². The Bertz CT molecular complexity index is 530. The van der Waals surface area contributed by atoms with Crippen molar-refractivity contribution >= 4 is 21.7 Å². The molecule has 1 saturated heterocycles. The highest BCUT2D eigenvalue weighted by Crippen LogP contribution is 2.25. The molecule has 1 aliphatic heterocycles. The fourth-order valence-electron chi connectivity index (χ4n) is 2.28. The Morgan fingerprint density at radius 1 is 1.16 bits per heavy atom. The molecular weight excluding hydrogens is 304 g/mol. The SMILES string of the molecule is Brc1ccc(C2CN(c3ccccn3)CCO2)cc1. The molecule has 0 radical (unpaired) electrons. The van der Waals surface area contributed by atoms with Gasteiger partial charge in [-0.2, -0.15) is 0 Å². The number of hydrogen-bond acceptors (Lipinski definition) is 3. The number of nitrogens with zero attached hydrogens (tertiary/aromatic N) is 2. The number of pyridine rings is 1. The van der Waals surface area contributed by atoms with E-state index in [9.17, 15) is 0 Å². The molecule has 3 nitrogen and oxygen atoms in total. The molecule has 1 unspecified atom stereocenters. The number of aromatic nitrogens is 1. The van der Waals surface area contributed by atoms with Gasteiger partial charge >= 0.3 is 0 Å². The second-order valence-corrected chi connectivity index (χ2v) is 5.46. The fourth-order valence-corrected chi connectivity index (χ4v) is 2.54. The fraction of sp³-hybridized carbons (Fsp3) is 0.267. The Balaban J connectivity index is 1.76. The summed E-state index contributed by atoms with van der Waals surface area (Å²) in [5.74, 6) is 1.02. The molecule has 19 heavy (non-hydrogen) atoms. The van der Waals surface area contributed by atoms with Gasteiger partial charge in [-0.1, -0.05) is 34.1 Å². The van der Waals surface area contributed by atoms with Gasteiger partial charge in [-0.3, -0.25) is 0 Å². The van der Waals surface area contributed by atoms with E-state index in [1.807, 2.05) is 24.4 Å². The van der Waals surface area contributed by atoms with Gasteiger partial charge < -0.3 is 9.64 Å². The highest BCUT2D eigenvalue weighted by atomic mass is 79.9. The first kappa shape index (κ1) is 12.6. The minimum Gasteiger partial charge on any atom is -0.370 e. The smallest absolute Gasteiger partial charge is 0.128 e. The van der Waals surface area contributed by atoms with E-state index in [1.165, 1.54) is 5.56 Å². The number of morpholine rings is 1. The van der Waals surface area contributed by atoms with Gasteiger partial charge in [-0.25, -0.2) is 4.98 Å². The minimum atomic E-state index is 0.115. The lowest BCUT2D eigenvalue weighted by Crippen LogP contribution is -2.38. The summed E-state index contributed by atoms with van der Waals surface area (Å²) in [4.78, 5) is 6.68. The Labute approximate surface area is 121 Å². The van der Waals surface area contributed by atoms with E-state index in [1.54, 1.807) is 0 Å². The first-order valence-corrected chi connectivity index (χ1v) is 7.15. The van der Waals surface area contributed by atoms with E-state index >= 15 is 0 Å². The Morgan fingerprint density at radius 2 is 2.00 bits per heavy atom. The molecule has 0 bridgehead atoms. The zero-order valence-electron chi connectivity index (χ0n) is 10.5. The van der Waals surface area contributed by atoms with Crippen molar-refractivity contribution in [3.05, 3.63) is 58.7 Å². The largest absolute Gasteiger partial charge is 0.370 e. The maximum Gasteiger partial charge on any atom is 0.128 e. The number of benzene rings is 1. The molecule has 1 aromatic heterocycles. The van der Waals surface area contributed by atoms with Gasteiger partial charge in [-0.15, -0.1) is 0 Å². The molecule has 0 spiro atoms. The monoisotopic (exact) mass is 318 g/mol. The van der Waals surface area contributed by atoms with Crippen LogP contribution in [0.1, 0.15) is 11.7 Å². The van der Waals surface area contributed by atoms with E-state index in [4.69, 9.17) is 4.74 Å². The zero-order valence-corrected chi connectivity index (χ0v) is 12.1. The molecule has 0 saturated carbocycles. The summed E-state index contributed by atoms with van der Waals surface area (Å²) in [5, 5.41) is 0. The van der Waals surface area contributed by atoms with Crippen molar-refractivity contribution in [2.75, 3.05) is 24.6 Å². The van der Waals surface area contributed by atoms with Crippen LogP contribution in [0, 0.1) is 0 Å². The van der Waals surface area contributed by atoms with Crippen LogP contribution < -0.4 is 4.90 Å². The molecule has 1 aromatic carbocycles. The summed E-state index contributed by atoms with van der Waals surface area (Å²) in [6, 6.07) is 14.3. The number of anilines is 1. The van der Waals surface area contributed by atoms with Gasteiger partial charge in [0, 0.05) is 23.8 Å². The molecule has 0 amide bonds.